The number of ether oxygens (including phenoxy) is 3. The van der Waals surface area contributed by atoms with Crippen LogP contribution in [0.2, 0.25) is 5.02 Å². The van der Waals surface area contributed by atoms with Gasteiger partial charge in [-0.05, 0) is 57.2 Å². The predicted molar refractivity (Wildman–Crippen MR) is 160 cm³/mol. The number of nitro groups is 1. The molecule has 1 aliphatic heterocycles. The van der Waals surface area contributed by atoms with Gasteiger partial charge in [0.1, 0.15) is 0 Å². The van der Waals surface area contributed by atoms with Crippen molar-refractivity contribution in [3.63, 3.8) is 0 Å². The fourth-order valence-corrected chi connectivity index (χ4v) is 5.11. The number of hydrogen-bond acceptors (Lipinski definition) is 9. The first-order valence-electron chi connectivity index (χ1n) is 13.8. The van der Waals surface area contributed by atoms with Crippen molar-refractivity contribution in [3.8, 4) is 17.1 Å². The fraction of sp³-hybridized carbons (Fsp3) is 0.323. The molecule has 226 valence electrons. The van der Waals surface area contributed by atoms with E-state index in [-0.39, 0.29) is 29.0 Å². The van der Waals surface area contributed by atoms with E-state index in [0.29, 0.717) is 35.3 Å². The number of H-pyrrole nitrogens is 1. The normalized spacial score (nSPS) is 14.7. The molecular weight excluding hydrogens is 576 g/mol. The van der Waals surface area contributed by atoms with Crippen LogP contribution in [-0.2, 0) is 19.1 Å². The second kappa shape index (κ2) is 14.5. The van der Waals surface area contributed by atoms with E-state index >= 15 is 0 Å². The standard InChI is InChI=1S/C31H33ClN4O7/c1-19-27(30(37)41-3)29(23-10-6-7-11-25(23)36(39)40)28(20(2)33-19)31(38)43-17-9-5-4-8-16-42-26-18-24(34-35-26)21-12-14-22(32)15-13-21/h6-7,10-15,18,29,33H,4-5,8-9,16-17H2,1-3H3,(H,34,35). The molecule has 12 heteroatoms. The number of hydrogen-bond donors (Lipinski definition) is 2. The van der Waals surface area contributed by atoms with Crippen molar-refractivity contribution in [2.75, 3.05) is 20.3 Å². The minimum Gasteiger partial charge on any atom is -0.477 e. The summed E-state index contributed by atoms with van der Waals surface area (Å²) in [5, 5.41) is 22.7. The van der Waals surface area contributed by atoms with Gasteiger partial charge in [-0.25, -0.2) is 9.59 Å². The Hall–Kier alpha value is -4.64. The Morgan fingerprint density at radius 3 is 2.28 bits per heavy atom. The van der Waals surface area contributed by atoms with Gasteiger partial charge in [-0.3, -0.25) is 15.2 Å². The number of carbonyl (C=O) groups excluding carboxylic acids is 2. The lowest BCUT2D eigenvalue weighted by Gasteiger charge is -2.30. The molecule has 1 atom stereocenters. The first kappa shape index (κ1) is 31.3. The summed E-state index contributed by atoms with van der Waals surface area (Å²) >= 11 is 5.94. The molecule has 2 N–H and O–H groups in total. The second-order valence-electron chi connectivity index (χ2n) is 9.97. The third kappa shape index (κ3) is 7.61. The highest BCUT2D eigenvalue weighted by Gasteiger charge is 2.40. The number of nitro benzene ring substituents is 1. The summed E-state index contributed by atoms with van der Waals surface area (Å²) in [4.78, 5) is 37.4. The van der Waals surface area contributed by atoms with Gasteiger partial charge in [-0.2, -0.15) is 0 Å². The lowest BCUT2D eigenvalue weighted by atomic mass is 9.79. The summed E-state index contributed by atoms with van der Waals surface area (Å²) in [5.74, 6) is -1.86. The predicted octanol–water partition coefficient (Wildman–Crippen LogP) is 6.23. The van der Waals surface area contributed by atoms with Gasteiger partial charge in [0.05, 0.1) is 48.0 Å². The highest BCUT2D eigenvalue weighted by Crippen LogP contribution is 2.42. The van der Waals surface area contributed by atoms with Crippen LogP contribution in [-0.4, -0.2) is 47.4 Å². The Bertz CT molecular complexity index is 1550. The number of rotatable bonds is 13. The lowest BCUT2D eigenvalue weighted by molar-refractivity contribution is -0.385. The molecule has 11 nitrogen and oxygen atoms in total. The number of benzene rings is 2. The van der Waals surface area contributed by atoms with E-state index < -0.39 is 22.8 Å². The molecule has 43 heavy (non-hydrogen) atoms. The third-order valence-electron chi connectivity index (χ3n) is 7.06. The van der Waals surface area contributed by atoms with Crippen molar-refractivity contribution in [1.29, 1.82) is 0 Å². The highest BCUT2D eigenvalue weighted by atomic mass is 35.5. The Labute approximate surface area is 254 Å². The molecule has 2 aromatic carbocycles. The summed E-state index contributed by atoms with van der Waals surface area (Å²) in [6.45, 7) is 3.98. The molecule has 1 unspecified atom stereocenters. The van der Waals surface area contributed by atoms with E-state index in [2.05, 4.69) is 15.5 Å². The van der Waals surface area contributed by atoms with Crippen molar-refractivity contribution >= 4 is 29.2 Å². The van der Waals surface area contributed by atoms with E-state index in [1.54, 1.807) is 19.9 Å². The number of nitrogens with one attached hydrogen (secondary N) is 2. The molecule has 0 aliphatic carbocycles. The summed E-state index contributed by atoms with van der Waals surface area (Å²) in [7, 11) is 1.22. The second-order valence-corrected chi connectivity index (χ2v) is 10.4. The summed E-state index contributed by atoms with van der Waals surface area (Å²) in [6, 6.07) is 15.3. The van der Waals surface area contributed by atoms with Gasteiger partial charge in [-0.1, -0.05) is 41.9 Å². The average molecular weight is 609 g/mol. The Morgan fingerprint density at radius 2 is 1.60 bits per heavy atom. The van der Waals surface area contributed by atoms with Crippen LogP contribution in [0.5, 0.6) is 5.88 Å². The zero-order valence-electron chi connectivity index (χ0n) is 24.1. The molecule has 0 saturated heterocycles. The number of esters is 2. The molecule has 0 saturated carbocycles. The lowest BCUT2D eigenvalue weighted by Crippen LogP contribution is -2.32. The summed E-state index contributed by atoms with van der Waals surface area (Å²) in [6.07, 6.45) is 3.05. The number of nitrogens with zero attached hydrogens (tertiary/aromatic N) is 2. The molecule has 0 bridgehead atoms. The van der Waals surface area contributed by atoms with Crippen LogP contribution in [0.15, 0.2) is 77.1 Å². The van der Waals surface area contributed by atoms with Crippen LogP contribution in [0.3, 0.4) is 0 Å². The van der Waals surface area contributed by atoms with E-state index in [9.17, 15) is 19.7 Å². The molecule has 0 radical (unpaired) electrons. The molecule has 0 fully saturated rings. The zero-order chi connectivity index (χ0) is 30.9. The number of carbonyl (C=O) groups is 2. The van der Waals surface area contributed by atoms with Crippen LogP contribution in [0.25, 0.3) is 11.3 Å². The number of methoxy groups -OCH3 is 1. The van der Waals surface area contributed by atoms with Gasteiger partial charge < -0.3 is 19.5 Å². The third-order valence-corrected chi connectivity index (χ3v) is 7.31. The Morgan fingerprint density at radius 1 is 0.953 bits per heavy atom. The molecule has 3 aromatic rings. The van der Waals surface area contributed by atoms with Crippen molar-refractivity contribution in [1.82, 2.24) is 15.5 Å². The number of halogens is 1. The van der Waals surface area contributed by atoms with Crippen LogP contribution in [0.1, 0.15) is 51.0 Å². The van der Waals surface area contributed by atoms with Gasteiger partial charge in [0.25, 0.3) is 5.69 Å². The topological polar surface area (TPSA) is 146 Å². The monoisotopic (exact) mass is 608 g/mol. The minimum atomic E-state index is -1.03. The number of para-hydroxylation sites is 1. The number of allylic oxidation sites excluding steroid dienone is 2. The molecule has 1 aliphatic rings. The Kier molecular flexibility index (Phi) is 10.6. The molecule has 4 rings (SSSR count). The fourth-order valence-electron chi connectivity index (χ4n) is 4.99. The molecule has 2 heterocycles. The van der Waals surface area contributed by atoms with Crippen molar-refractivity contribution in [2.45, 2.75) is 45.4 Å². The number of unbranched alkanes of at least 4 members (excludes halogenated alkanes) is 3. The van der Waals surface area contributed by atoms with Gasteiger partial charge in [0.2, 0.25) is 5.88 Å². The van der Waals surface area contributed by atoms with E-state index in [0.717, 1.165) is 30.5 Å². The van der Waals surface area contributed by atoms with E-state index in [1.807, 2.05) is 30.3 Å². The SMILES string of the molecule is COC(=O)C1=C(C)NC(C)=C(C(=O)OCCCCCCOc2cc(-c3ccc(Cl)cc3)[nH]n2)C1c1ccccc1[N+](=O)[O-]. The summed E-state index contributed by atoms with van der Waals surface area (Å²) in [5.41, 5.74) is 2.93. The highest BCUT2D eigenvalue weighted by molar-refractivity contribution is 6.30. The van der Waals surface area contributed by atoms with E-state index in [1.165, 1.54) is 25.3 Å². The maximum atomic E-state index is 13.3. The van der Waals surface area contributed by atoms with Gasteiger partial charge in [0, 0.05) is 34.1 Å². The van der Waals surface area contributed by atoms with Crippen LogP contribution in [0, 0.1) is 10.1 Å². The largest absolute Gasteiger partial charge is 0.477 e. The zero-order valence-corrected chi connectivity index (χ0v) is 24.9. The van der Waals surface area contributed by atoms with E-state index in [4.69, 9.17) is 25.8 Å². The van der Waals surface area contributed by atoms with Crippen LogP contribution < -0.4 is 10.1 Å². The van der Waals surface area contributed by atoms with Gasteiger partial charge in [0.15, 0.2) is 0 Å². The molecule has 1 aromatic heterocycles. The maximum absolute atomic E-state index is 13.3. The number of aromatic nitrogens is 2. The minimum absolute atomic E-state index is 0.117. The van der Waals surface area contributed by atoms with Crippen molar-refractivity contribution in [3.05, 3.63) is 97.8 Å². The average Bonchev–Trinajstić information content (AvgIpc) is 3.46. The van der Waals surface area contributed by atoms with Gasteiger partial charge >= 0.3 is 11.9 Å². The summed E-state index contributed by atoms with van der Waals surface area (Å²) < 4.78 is 16.3. The van der Waals surface area contributed by atoms with Crippen LogP contribution >= 0.6 is 11.6 Å². The molecule has 0 amide bonds. The van der Waals surface area contributed by atoms with Gasteiger partial charge in [-0.15, -0.1) is 5.10 Å². The number of dihydropyridines is 1. The molecular formula is C31H33ClN4O7. The van der Waals surface area contributed by atoms with Crippen LogP contribution in [0.4, 0.5) is 5.69 Å². The first-order chi connectivity index (χ1) is 20.7. The number of aromatic amines is 1. The quantitative estimate of drug-likeness (QED) is 0.0997. The smallest absolute Gasteiger partial charge is 0.336 e. The first-order valence-corrected chi connectivity index (χ1v) is 14.2. The maximum Gasteiger partial charge on any atom is 0.336 e. The Balaban J connectivity index is 1.30. The van der Waals surface area contributed by atoms with Crippen molar-refractivity contribution in [2.24, 2.45) is 0 Å². The molecule has 0 spiro atoms. The van der Waals surface area contributed by atoms with Crippen molar-refractivity contribution < 1.29 is 28.7 Å².